The van der Waals surface area contributed by atoms with E-state index in [9.17, 15) is 5.11 Å². The quantitative estimate of drug-likeness (QED) is 0.676. The maximum atomic E-state index is 9.27. The van der Waals surface area contributed by atoms with E-state index in [0.717, 1.165) is 24.2 Å². The SMILES string of the molecule is CC(C)(C)[Si](C)(C)OCCN(CCO)Cc1cccc(Br)c1. The second-order valence-corrected chi connectivity index (χ2v) is 13.0. The van der Waals surface area contributed by atoms with Crippen LogP contribution in [0, 0.1) is 0 Å². The van der Waals surface area contributed by atoms with Crippen LogP contribution in [0.25, 0.3) is 0 Å². The zero-order valence-electron chi connectivity index (χ0n) is 14.5. The molecule has 0 unspecified atom stereocenters. The summed E-state index contributed by atoms with van der Waals surface area (Å²) in [5, 5.41) is 9.51. The molecule has 5 heteroatoms. The fourth-order valence-corrected chi connectivity index (χ4v) is 3.43. The summed E-state index contributed by atoms with van der Waals surface area (Å²) in [5.41, 5.74) is 1.25. The summed E-state index contributed by atoms with van der Waals surface area (Å²) in [7, 11) is -1.69. The van der Waals surface area contributed by atoms with Crippen molar-refractivity contribution >= 4 is 24.2 Å². The molecule has 0 fully saturated rings. The van der Waals surface area contributed by atoms with Gasteiger partial charge in [0, 0.05) is 30.7 Å². The molecule has 0 radical (unpaired) electrons. The van der Waals surface area contributed by atoms with Gasteiger partial charge in [0.25, 0.3) is 0 Å². The first-order valence-corrected chi connectivity index (χ1v) is 11.6. The molecule has 0 aromatic heterocycles. The minimum absolute atomic E-state index is 0.175. The topological polar surface area (TPSA) is 32.7 Å². The lowest BCUT2D eigenvalue weighted by Crippen LogP contribution is -2.43. The molecule has 0 saturated heterocycles. The Kier molecular flexibility index (Phi) is 7.75. The predicted octanol–water partition coefficient (Wildman–Crippen LogP) is 4.27. The smallest absolute Gasteiger partial charge is 0.192 e. The summed E-state index contributed by atoms with van der Waals surface area (Å²) in [5.74, 6) is 0. The number of benzene rings is 1. The molecule has 1 aromatic carbocycles. The highest BCUT2D eigenvalue weighted by Gasteiger charge is 2.36. The van der Waals surface area contributed by atoms with Crippen LogP contribution in [0.1, 0.15) is 26.3 Å². The number of hydrogen-bond donors (Lipinski definition) is 1. The third-order valence-electron chi connectivity index (χ3n) is 4.39. The van der Waals surface area contributed by atoms with Crippen molar-refractivity contribution < 1.29 is 9.53 Å². The molecule has 0 amide bonds. The molecule has 0 aliphatic carbocycles. The van der Waals surface area contributed by atoms with E-state index in [1.807, 2.05) is 12.1 Å². The number of hydrogen-bond acceptors (Lipinski definition) is 3. The van der Waals surface area contributed by atoms with Gasteiger partial charge in [0.15, 0.2) is 8.32 Å². The second-order valence-electron chi connectivity index (χ2n) is 7.24. The average Bonchev–Trinajstić information content (AvgIpc) is 2.37. The Hall–Kier alpha value is -0.203. The molecule has 1 aromatic rings. The van der Waals surface area contributed by atoms with E-state index in [1.165, 1.54) is 5.56 Å². The van der Waals surface area contributed by atoms with E-state index in [2.05, 4.69) is 66.8 Å². The first-order chi connectivity index (χ1) is 10.2. The summed E-state index contributed by atoms with van der Waals surface area (Å²) in [6, 6.07) is 8.31. The third kappa shape index (κ3) is 6.50. The molecule has 1 N–H and O–H groups in total. The highest BCUT2D eigenvalue weighted by molar-refractivity contribution is 9.10. The lowest BCUT2D eigenvalue weighted by Gasteiger charge is -2.36. The number of nitrogens with zero attached hydrogens (tertiary/aromatic N) is 1. The van der Waals surface area contributed by atoms with Gasteiger partial charge in [-0.25, -0.2) is 0 Å². The van der Waals surface area contributed by atoms with E-state index >= 15 is 0 Å². The van der Waals surface area contributed by atoms with Gasteiger partial charge in [-0.2, -0.15) is 0 Å². The van der Waals surface area contributed by atoms with Gasteiger partial charge in [-0.3, -0.25) is 4.90 Å². The van der Waals surface area contributed by atoms with Crippen LogP contribution in [0.15, 0.2) is 28.7 Å². The zero-order chi connectivity index (χ0) is 16.8. The molecule has 126 valence electrons. The van der Waals surface area contributed by atoms with Crippen LogP contribution >= 0.6 is 15.9 Å². The van der Waals surface area contributed by atoms with Crippen molar-refractivity contribution in [1.82, 2.24) is 4.90 Å². The number of rotatable bonds is 8. The largest absolute Gasteiger partial charge is 0.416 e. The molecule has 0 spiro atoms. The van der Waals surface area contributed by atoms with Crippen LogP contribution in [0.5, 0.6) is 0 Å². The molecule has 0 bridgehead atoms. The van der Waals surface area contributed by atoms with Crippen LogP contribution in [0.4, 0.5) is 0 Å². The summed E-state index contributed by atoms with van der Waals surface area (Å²) in [6.07, 6.45) is 0. The van der Waals surface area contributed by atoms with E-state index in [-0.39, 0.29) is 11.6 Å². The number of aliphatic hydroxyl groups excluding tert-OH is 1. The first kappa shape index (κ1) is 19.8. The minimum Gasteiger partial charge on any atom is -0.416 e. The summed E-state index contributed by atoms with van der Waals surface area (Å²) in [4.78, 5) is 2.24. The van der Waals surface area contributed by atoms with Gasteiger partial charge in [-0.15, -0.1) is 0 Å². The normalized spacial score (nSPS) is 12.9. The third-order valence-corrected chi connectivity index (χ3v) is 9.42. The molecular formula is C17H30BrNO2Si. The molecule has 22 heavy (non-hydrogen) atoms. The van der Waals surface area contributed by atoms with Crippen molar-refractivity contribution in [3.63, 3.8) is 0 Å². The van der Waals surface area contributed by atoms with Crippen LogP contribution in [0.2, 0.25) is 18.1 Å². The summed E-state index contributed by atoms with van der Waals surface area (Å²) in [6.45, 7) is 14.6. The Labute approximate surface area is 144 Å². The van der Waals surface area contributed by atoms with Crippen LogP contribution in [0.3, 0.4) is 0 Å². The molecule has 0 heterocycles. The molecule has 0 aliphatic rings. The Morgan fingerprint density at radius 3 is 2.45 bits per heavy atom. The van der Waals surface area contributed by atoms with Gasteiger partial charge in [-0.1, -0.05) is 48.8 Å². The van der Waals surface area contributed by atoms with Crippen LogP contribution in [-0.4, -0.2) is 44.6 Å². The fraction of sp³-hybridized carbons (Fsp3) is 0.647. The standard InChI is InChI=1S/C17H30BrNO2Si/c1-17(2,3)22(4,5)21-12-10-19(9-11-20)14-15-7-6-8-16(18)13-15/h6-8,13,20H,9-12,14H2,1-5H3. The van der Waals surface area contributed by atoms with Gasteiger partial charge in [0.05, 0.1) is 6.61 Å². The van der Waals surface area contributed by atoms with Crippen molar-refractivity contribution in [2.24, 2.45) is 0 Å². The first-order valence-electron chi connectivity index (χ1n) is 7.87. The van der Waals surface area contributed by atoms with E-state index < -0.39 is 8.32 Å². The molecule has 3 nitrogen and oxygen atoms in total. The van der Waals surface area contributed by atoms with E-state index in [0.29, 0.717) is 6.54 Å². The Morgan fingerprint density at radius 2 is 1.91 bits per heavy atom. The van der Waals surface area contributed by atoms with Gasteiger partial charge in [0.2, 0.25) is 0 Å². The van der Waals surface area contributed by atoms with Crippen LogP contribution < -0.4 is 0 Å². The predicted molar refractivity (Wildman–Crippen MR) is 99.7 cm³/mol. The Bertz CT molecular complexity index is 460. The summed E-state index contributed by atoms with van der Waals surface area (Å²) >= 11 is 3.50. The number of aliphatic hydroxyl groups is 1. The maximum absolute atomic E-state index is 9.27. The van der Waals surface area contributed by atoms with E-state index in [4.69, 9.17) is 4.43 Å². The van der Waals surface area contributed by atoms with E-state index in [1.54, 1.807) is 0 Å². The van der Waals surface area contributed by atoms with Gasteiger partial charge >= 0.3 is 0 Å². The van der Waals surface area contributed by atoms with Crippen molar-refractivity contribution in [2.75, 3.05) is 26.3 Å². The van der Waals surface area contributed by atoms with Gasteiger partial charge in [0.1, 0.15) is 0 Å². The van der Waals surface area contributed by atoms with Crippen molar-refractivity contribution in [2.45, 2.75) is 45.4 Å². The Morgan fingerprint density at radius 1 is 1.23 bits per heavy atom. The highest BCUT2D eigenvalue weighted by Crippen LogP contribution is 2.36. The molecule has 0 atom stereocenters. The average molecular weight is 388 g/mol. The molecule has 0 saturated carbocycles. The van der Waals surface area contributed by atoms with Crippen molar-refractivity contribution in [1.29, 1.82) is 0 Å². The monoisotopic (exact) mass is 387 g/mol. The highest BCUT2D eigenvalue weighted by atomic mass is 79.9. The van der Waals surface area contributed by atoms with Crippen molar-refractivity contribution in [3.05, 3.63) is 34.3 Å². The van der Waals surface area contributed by atoms with Crippen LogP contribution in [-0.2, 0) is 11.0 Å². The minimum atomic E-state index is -1.69. The lowest BCUT2D eigenvalue weighted by atomic mass is 10.2. The molecule has 1 rings (SSSR count). The van der Waals surface area contributed by atoms with Gasteiger partial charge < -0.3 is 9.53 Å². The lowest BCUT2D eigenvalue weighted by molar-refractivity contribution is 0.158. The zero-order valence-corrected chi connectivity index (χ0v) is 17.1. The second kappa shape index (κ2) is 8.59. The maximum Gasteiger partial charge on any atom is 0.192 e. The molecular weight excluding hydrogens is 358 g/mol. The fourth-order valence-electron chi connectivity index (χ4n) is 1.95. The summed E-state index contributed by atoms with van der Waals surface area (Å²) < 4.78 is 7.33. The van der Waals surface area contributed by atoms with Gasteiger partial charge in [-0.05, 0) is 35.8 Å². The molecule has 0 aliphatic heterocycles. The van der Waals surface area contributed by atoms with Crippen molar-refractivity contribution in [3.8, 4) is 0 Å². The number of halogens is 1. The Balaban J connectivity index is 2.55.